The Morgan fingerprint density at radius 2 is 1.12 bits per heavy atom. The molecule has 0 spiro atoms. The largest absolute Gasteiger partial charge is 0.724 e. The molecule has 0 bridgehead atoms. The summed E-state index contributed by atoms with van der Waals surface area (Å²) in [6.07, 6.45) is 8.76. The summed E-state index contributed by atoms with van der Waals surface area (Å²) >= 11 is 0. The minimum atomic E-state index is 0.500. The van der Waals surface area contributed by atoms with Crippen LogP contribution in [-0.2, 0) is 4.79 Å². The lowest BCUT2D eigenvalue weighted by atomic mass is 10.2. The van der Waals surface area contributed by atoms with E-state index in [0.717, 1.165) is 0 Å². The molecule has 1 N–H and O–H groups in total. The summed E-state index contributed by atoms with van der Waals surface area (Å²) in [5.74, 6) is 0. The number of hydrogen-bond acceptors (Lipinski definition) is 1. The lowest BCUT2D eigenvalue weighted by Crippen LogP contribution is -3.12. The molecule has 0 aliphatic carbocycles. The SMILES string of the molecule is CCCC[NH+](CCCC)CCCC.[N-]=C=O. The average molecular weight is 228 g/mol. The Bertz CT molecular complexity index is 135. The molecule has 3 heteroatoms. The highest BCUT2D eigenvalue weighted by atomic mass is 16.1. The van der Waals surface area contributed by atoms with Gasteiger partial charge in [0.1, 0.15) is 0 Å². The van der Waals surface area contributed by atoms with Crippen LogP contribution in [-0.4, -0.2) is 25.7 Å². The quantitative estimate of drug-likeness (QED) is 0.477. The van der Waals surface area contributed by atoms with Gasteiger partial charge in [0.25, 0.3) is 0 Å². The summed E-state index contributed by atoms with van der Waals surface area (Å²) in [6, 6.07) is 0. The number of carbonyl (C=O) groups excluding carboxylic acids is 1. The van der Waals surface area contributed by atoms with Crippen LogP contribution in [0.15, 0.2) is 0 Å². The van der Waals surface area contributed by atoms with E-state index in [2.05, 4.69) is 20.8 Å². The van der Waals surface area contributed by atoms with Crippen molar-refractivity contribution < 1.29 is 9.69 Å². The summed E-state index contributed by atoms with van der Waals surface area (Å²) in [6.45, 7) is 11.1. The van der Waals surface area contributed by atoms with E-state index in [4.69, 9.17) is 10.2 Å². The fourth-order valence-electron chi connectivity index (χ4n) is 1.66. The zero-order valence-corrected chi connectivity index (χ0v) is 11.2. The third-order valence-corrected chi connectivity index (χ3v) is 2.65. The van der Waals surface area contributed by atoms with Crippen molar-refractivity contribution in [1.29, 1.82) is 0 Å². The molecule has 0 rings (SSSR count). The minimum Gasteiger partial charge on any atom is -0.724 e. The second-order valence-corrected chi connectivity index (χ2v) is 4.15. The van der Waals surface area contributed by atoms with Gasteiger partial charge in [0, 0.05) is 0 Å². The van der Waals surface area contributed by atoms with E-state index >= 15 is 0 Å². The molecule has 0 saturated heterocycles. The first-order valence-electron chi connectivity index (χ1n) is 6.61. The lowest BCUT2D eigenvalue weighted by molar-refractivity contribution is -0.900. The van der Waals surface area contributed by atoms with Crippen molar-refractivity contribution in [1.82, 2.24) is 0 Å². The Kier molecular flexibility index (Phi) is 18.6. The number of quaternary nitrogens is 1. The number of nitrogens with zero attached hydrogens (tertiary/aromatic N) is 1. The van der Waals surface area contributed by atoms with Gasteiger partial charge in [0.05, 0.1) is 19.6 Å². The maximum absolute atomic E-state index is 8.24. The predicted octanol–water partition coefficient (Wildman–Crippen LogP) is 2.16. The van der Waals surface area contributed by atoms with Crippen LogP contribution >= 0.6 is 0 Å². The average Bonchev–Trinajstić information content (AvgIpc) is 2.29. The van der Waals surface area contributed by atoms with E-state index in [1.54, 1.807) is 0 Å². The highest BCUT2D eigenvalue weighted by molar-refractivity contribution is 5.36. The molecule has 3 nitrogen and oxygen atoms in total. The minimum absolute atomic E-state index is 0.500. The first-order chi connectivity index (χ1) is 7.76. The Morgan fingerprint density at radius 3 is 1.31 bits per heavy atom. The molecular weight excluding hydrogens is 200 g/mol. The molecule has 0 radical (unpaired) electrons. The molecule has 0 amide bonds. The first-order valence-corrected chi connectivity index (χ1v) is 6.61. The molecular formula is C13H28N2O. The molecule has 0 aliphatic rings. The van der Waals surface area contributed by atoms with Crippen molar-refractivity contribution >= 4 is 6.08 Å². The van der Waals surface area contributed by atoms with Crippen molar-refractivity contribution in [3.05, 3.63) is 5.41 Å². The second-order valence-electron chi connectivity index (χ2n) is 4.15. The molecule has 0 saturated carbocycles. The van der Waals surface area contributed by atoms with Crippen molar-refractivity contribution in [3.8, 4) is 0 Å². The van der Waals surface area contributed by atoms with Crippen molar-refractivity contribution in [3.63, 3.8) is 0 Å². The van der Waals surface area contributed by atoms with Gasteiger partial charge in [-0.15, -0.1) is 0 Å². The lowest BCUT2D eigenvalue weighted by Gasteiger charge is -2.18. The predicted molar refractivity (Wildman–Crippen MR) is 69.3 cm³/mol. The van der Waals surface area contributed by atoms with Gasteiger partial charge >= 0.3 is 0 Å². The van der Waals surface area contributed by atoms with Crippen LogP contribution in [0.5, 0.6) is 0 Å². The summed E-state index contributed by atoms with van der Waals surface area (Å²) in [4.78, 5) is 10.1. The Labute approximate surface area is 101 Å². The second kappa shape index (κ2) is 16.8. The van der Waals surface area contributed by atoms with E-state index in [1.165, 1.54) is 58.2 Å². The van der Waals surface area contributed by atoms with Crippen LogP contribution in [0.1, 0.15) is 59.3 Å². The molecule has 0 aromatic heterocycles. The maximum atomic E-state index is 8.24. The molecule has 0 unspecified atom stereocenters. The van der Waals surface area contributed by atoms with Crippen LogP contribution in [0.25, 0.3) is 5.41 Å². The number of nitrogens with one attached hydrogen (secondary N) is 1. The van der Waals surface area contributed by atoms with Gasteiger partial charge in [-0.3, -0.25) is 4.79 Å². The van der Waals surface area contributed by atoms with Crippen LogP contribution in [0, 0.1) is 0 Å². The zero-order chi connectivity index (χ0) is 12.6. The standard InChI is InChI=1S/C12H27N.CNO/c1-4-7-10-13(11-8-5-2)12-9-6-3;2-1-3/h4-12H2,1-3H3;/q;-1/p+1. The van der Waals surface area contributed by atoms with Gasteiger partial charge in [-0.25, -0.2) is 0 Å². The molecule has 16 heavy (non-hydrogen) atoms. The zero-order valence-electron chi connectivity index (χ0n) is 11.2. The summed E-state index contributed by atoms with van der Waals surface area (Å²) < 4.78 is 0. The van der Waals surface area contributed by atoms with E-state index in [9.17, 15) is 0 Å². The van der Waals surface area contributed by atoms with Crippen LogP contribution in [0.3, 0.4) is 0 Å². The van der Waals surface area contributed by atoms with Crippen LogP contribution < -0.4 is 4.90 Å². The van der Waals surface area contributed by atoms with Crippen LogP contribution in [0.4, 0.5) is 0 Å². The van der Waals surface area contributed by atoms with Gasteiger partial charge in [-0.1, -0.05) is 40.0 Å². The summed E-state index contributed by atoms with van der Waals surface area (Å²) in [5.41, 5.74) is 0. The number of rotatable bonds is 9. The van der Waals surface area contributed by atoms with Gasteiger partial charge in [-0.2, -0.15) is 0 Å². The van der Waals surface area contributed by atoms with Crippen molar-refractivity contribution in [2.75, 3.05) is 19.6 Å². The normalized spacial score (nSPS) is 9.50. The highest BCUT2D eigenvalue weighted by Gasteiger charge is 2.05. The van der Waals surface area contributed by atoms with Gasteiger partial charge < -0.3 is 10.3 Å². The fourth-order valence-corrected chi connectivity index (χ4v) is 1.66. The van der Waals surface area contributed by atoms with E-state index in [0.29, 0.717) is 6.08 Å². The third-order valence-electron chi connectivity index (χ3n) is 2.65. The monoisotopic (exact) mass is 228 g/mol. The maximum Gasteiger partial charge on any atom is 0.0770 e. The topological polar surface area (TPSA) is 43.8 Å². The van der Waals surface area contributed by atoms with Crippen molar-refractivity contribution in [2.45, 2.75) is 59.3 Å². The molecule has 96 valence electrons. The first kappa shape index (κ1) is 17.7. The Balaban J connectivity index is 0. The van der Waals surface area contributed by atoms with E-state index in [-0.39, 0.29) is 0 Å². The molecule has 0 atom stereocenters. The van der Waals surface area contributed by atoms with Gasteiger partial charge in [0.15, 0.2) is 0 Å². The van der Waals surface area contributed by atoms with Gasteiger partial charge in [-0.05, 0) is 25.3 Å². The van der Waals surface area contributed by atoms with Crippen LogP contribution in [0.2, 0.25) is 0 Å². The molecule has 0 aromatic rings. The summed E-state index contributed by atoms with van der Waals surface area (Å²) in [7, 11) is 0. The molecule has 0 fully saturated rings. The fraction of sp³-hybridized carbons (Fsp3) is 0.923. The number of hydrogen-bond donors (Lipinski definition) is 1. The molecule has 0 heterocycles. The molecule has 0 aliphatic heterocycles. The van der Waals surface area contributed by atoms with E-state index < -0.39 is 0 Å². The Hall–Kier alpha value is -0.660. The molecule has 0 aromatic carbocycles. The smallest absolute Gasteiger partial charge is 0.0770 e. The van der Waals surface area contributed by atoms with Crippen molar-refractivity contribution in [2.24, 2.45) is 0 Å². The Morgan fingerprint density at radius 1 is 0.875 bits per heavy atom. The number of unbranched alkanes of at least 4 members (excludes halogenated alkanes) is 3. The summed E-state index contributed by atoms with van der Waals surface area (Å²) in [5, 5.41) is 6.76. The van der Waals surface area contributed by atoms with E-state index in [1.807, 2.05) is 4.90 Å². The van der Waals surface area contributed by atoms with Gasteiger partial charge in [0.2, 0.25) is 0 Å². The third kappa shape index (κ3) is 15.8. The number of isocyanates is 1. The highest BCUT2D eigenvalue weighted by Crippen LogP contribution is 1.85.